The average Bonchev–Trinajstić information content (AvgIpc) is 2.28. The lowest BCUT2D eigenvalue weighted by Gasteiger charge is -2.17. The molecule has 0 aliphatic rings. The lowest BCUT2D eigenvalue weighted by Crippen LogP contribution is -2.36. The smallest absolute Gasteiger partial charge is 0.317 e. The summed E-state index contributed by atoms with van der Waals surface area (Å²) in [5.74, 6) is -1.37. The monoisotopic (exact) mass is 269 g/mol. The van der Waals surface area contributed by atoms with Crippen LogP contribution in [0.25, 0.3) is 0 Å². The quantitative estimate of drug-likeness (QED) is 0.692. The van der Waals surface area contributed by atoms with E-state index in [0.717, 1.165) is 4.90 Å². The van der Waals surface area contributed by atoms with Crippen LogP contribution in [-0.4, -0.2) is 52.4 Å². The van der Waals surface area contributed by atoms with Gasteiger partial charge in [-0.05, 0) is 12.1 Å². The van der Waals surface area contributed by atoms with Crippen LogP contribution < -0.4 is 0 Å². The third-order valence-electron chi connectivity index (χ3n) is 2.14. The Morgan fingerprint density at radius 1 is 1.06 bits per heavy atom. The highest BCUT2D eigenvalue weighted by Gasteiger charge is 2.12. The molecule has 0 saturated heterocycles. The minimum absolute atomic E-state index is 0.248. The standard InChI is InChI=1S/C12H15NO4S/c14-11(15)8-13(9-12(16)17)6-7-18-10-4-2-1-3-5-10/h1-5H,6-9H2,(H,14,15)(H,16,17). The molecule has 0 saturated carbocycles. The zero-order valence-corrected chi connectivity index (χ0v) is 10.6. The van der Waals surface area contributed by atoms with Gasteiger partial charge in [0.15, 0.2) is 0 Å². The molecule has 0 aliphatic heterocycles. The molecule has 0 atom stereocenters. The molecule has 1 aromatic carbocycles. The van der Waals surface area contributed by atoms with Crippen LogP contribution >= 0.6 is 11.8 Å². The molecule has 2 N–H and O–H groups in total. The van der Waals surface area contributed by atoms with Crippen LogP contribution in [0.1, 0.15) is 0 Å². The SMILES string of the molecule is O=C(O)CN(CCSc1ccccc1)CC(=O)O. The summed E-state index contributed by atoms with van der Waals surface area (Å²) in [5, 5.41) is 17.3. The van der Waals surface area contributed by atoms with Gasteiger partial charge in [0.2, 0.25) is 0 Å². The molecular weight excluding hydrogens is 254 g/mol. The molecule has 0 amide bonds. The van der Waals surface area contributed by atoms with Crippen molar-refractivity contribution < 1.29 is 19.8 Å². The second kappa shape index (κ2) is 7.73. The van der Waals surface area contributed by atoms with Gasteiger partial charge < -0.3 is 10.2 Å². The Morgan fingerprint density at radius 3 is 2.11 bits per heavy atom. The first-order chi connectivity index (χ1) is 8.58. The van der Waals surface area contributed by atoms with E-state index in [9.17, 15) is 9.59 Å². The fraction of sp³-hybridized carbons (Fsp3) is 0.333. The molecule has 0 unspecified atom stereocenters. The second-order valence-corrected chi connectivity index (χ2v) is 4.83. The molecule has 0 radical (unpaired) electrons. The van der Waals surface area contributed by atoms with Crippen molar-refractivity contribution >= 4 is 23.7 Å². The van der Waals surface area contributed by atoms with E-state index < -0.39 is 11.9 Å². The van der Waals surface area contributed by atoms with Crippen LogP contribution in [-0.2, 0) is 9.59 Å². The molecule has 0 fully saturated rings. The fourth-order valence-electron chi connectivity index (χ4n) is 1.41. The van der Waals surface area contributed by atoms with Gasteiger partial charge in [0, 0.05) is 17.2 Å². The summed E-state index contributed by atoms with van der Waals surface area (Å²) in [6.45, 7) is -0.0680. The van der Waals surface area contributed by atoms with Crippen molar-refractivity contribution in [3.8, 4) is 0 Å². The number of carboxylic acids is 2. The Hall–Kier alpha value is -1.53. The molecule has 0 spiro atoms. The van der Waals surface area contributed by atoms with Gasteiger partial charge in [-0.2, -0.15) is 0 Å². The maximum atomic E-state index is 10.6. The van der Waals surface area contributed by atoms with E-state index >= 15 is 0 Å². The maximum Gasteiger partial charge on any atom is 0.317 e. The molecule has 5 nitrogen and oxygen atoms in total. The molecule has 18 heavy (non-hydrogen) atoms. The summed E-state index contributed by atoms with van der Waals surface area (Å²) in [6.07, 6.45) is 0. The topological polar surface area (TPSA) is 77.8 Å². The van der Waals surface area contributed by atoms with E-state index in [2.05, 4.69) is 0 Å². The van der Waals surface area contributed by atoms with Crippen molar-refractivity contribution in [2.75, 3.05) is 25.4 Å². The van der Waals surface area contributed by atoms with Crippen molar-refractivity contribution in [3.63, 3.8) is 0 Å². The highest BCUT2D eigenvalue weighted by atomic mass is 32.2. The van der Waals surface area contributed by atoms with Crippen LogP contribution in [0.5, 0.6) is 0 Å². The van der Waals surface area contributed by atoms with Crippen LogP contribution in [0.15, 0.2) is 35.2 Å². The highest BCUT2D eigenvalue weighted by Crippen LogP contribution is 2.16. The van der Waals surface area contributed by atoms with Crippen molar-refractivity contribution in [1.29, 1.82) is 0 Å². The van der Waals surface area contributed by atoms with Gasteiger partial charge in [-0.15, -0.1) is 11.8 Å². The van der Waals surface area contributed by atoms with Crippen molar-refractivity contribution in [2.24, 2.45) is 0 Å². The van der Waals surface area contributed by atoms with Gasteiger partial charge in [0.25, 0.3) is 0 Å². The molecule has 6 heteroatoms. The van der Waals surface area contributed by atoms with Gasteiger partial charge in [0.05, 0.1) is 13.1 Å². The van der Waals surface area contributed by atoms with Crippen molar-refractivity contribution in [1.82, 2.24) is 4.90 Å². The fourth-order valence-corrected chi connectivity index (χ4v) is 2.34. The first kappa shape index (κ1) is 14.5. The number of nitrogens with zero attached hydrogens (tertiary/aromatic N) is 1. The molecule has 0 heterocycles. The summed E-state index contributed by atoms with van der Waals surface area (Å²) in [4.78, 5) is 23.7. The third-order valence-corrected chi connectivity index (χ3v) is 3.13. The summed E-state index contributed by atoms with van der Waals surface area (Å²) < 4.78 is 0. The Bertz CT molecular complexity index is 380. The zero-order valence-electron chi connectivity index (χ0n) is 9.78. The second-order valence-electron chi connectivity index (χ2n) is 3.66. The number of aliphatic carboxylic acids is 2. The number of rotatable bonds is 8. The van der Waals surface area contributed by atoms with Gasteiger partial charge >= 0.3 is 11.9 Å². The maximum absolute atomic E-state index is 10.6. The molecule has 0 aliphatic carbocycles. The van der Waals surface area contributed by atoms with Crippen molar-refractivity contribution in [3.05, 3.63) is 30.3 Å². The van der Waals surface area contributed by atoms with Gasteiger partial charge in [-0.3, -0.25) is 14.5 Å². The number of hydrogen-bond acceptors (Lipinski definition) is 4. The minimum atomic E-state index is -1.01. The predicted octanol–water partition coefficient (Wildman–Crippen LogP) is 1.25. The number of benzene rings is 1. The summed E-state index contributed by atoms with van der Waals surface area (Å²) >= 11 is 1.58. The number of carboxylic acid groups (broad SMARTS) is 2. The number of thioether (sulfide) groups is 1. The normalized spacial score (nSPS) is 10.5. The summed E-state index contributed by atoms with van der Waals surface area (Å²) in [7, 11) is 0. The van der Waals surface area contributed by atoms with E-state index in [1.807, 2.05) is 30.3 Å². The predicted molar refractivity (Wildman–Crippen MR) is 68.9 cm³/mol. The van der Waals surface area contributed by atoms with E-state index in [1.165, 1.54) is 4.90 Å². The molecule has 1 rings (SSSR count). The lowest BCUT2D eigenvalue weighted by molar-refractivity contribution is -0.141. The van der Waals surface area contributed by atoms with E-state index in [4.69, 9.17) is 10.2 Å². The number of hydrogen-bond donors (Lipinski definition) is 2. The highest BCUT2D eigenvalue weighted by molar-refractivity contribution is 7.99. The van der Waals surface area contributed by atoms with Crippen molar-refractivity contribution in [2.45, 2.75) is 4.90 Å². The molecule has 98 valence electrons. The summed E-state index contributed by atoms with van der Waals surface area (Å²) in [6, 6.07) is 9.70. The first-order valence-corrected chi connectivity index (χ1v) is 6.40. The molecule has 0 aromatic heterocycles. The third kappa shape index (κ3) is 6.27. The van der Waals surface area contributed by atoms with Gasteiger partial charge in [-0.1, -0.05) is 18.2 Å². The van der Waals surface area contributed by atoms with Gasteiger partial charge in [-0.25, -0.2) is 0 Å². The molecule has 1 aromatic rings. The zero-order chi connectivity index (χ0) is 13.4. The molecular formula is C12H15NO4S. The summed E-state index contributed by atoms with van der Waals surface area (Å²) in [5.41, 5.74) is 0. The van der Waals surface area contributed by atoms with E-state index in [0.29, 0.717) is 12.3 Å². The Morgan fingerprint density at radius 2 is 1.61 bits per heavy atom. The largest absolute Gasteiger partial charge is 0.480 e. The molecule has 0 bridgehead atoms. The van der Waals surface area contributed by atoms with Crippen LogP contribution in [0, 0.1) is 0 Å². The number of carbonyl (C=O) groups is 2. The van der Waals surface area contributed by atoms with E-state index in [-0.39, 0.29) is 13.1 Å². The average molecular weight is 269 g/mol. The Balaban J connectivity index is 2.37. The van der Waals surface area contributed by atoms with E-state index in [1.54, 1.807) is 11.8 Å². The van der Waals surface area contributed by atoms with Gasteiger partial charge in [0.1, 0.15) is 0 Å². The van der Waals surface area contributed by atoms with Crippen LogP contribution in [0.3, 0.4) is 0 Å². The first-order valence-electron chi connectivity index (χ1n) is 5.41. The lowest BCUT2D eigenvalue weighted by atomic mass is 10.4. The minimum Gasteiger partial charge on any atom is -0.480 e. The van der Waals surface area contributed by atoms with Crippen LogP contribution in [0.4, 0.5) is 0 Å². The van der Waals surface area contributed by atoms with Crippen LogP contribution in [0.2, 0.25) is 0 Å². The Kier molecular flexibility index (Phi) is 6.24. The Labute approximate surface area is 109 Å².